The molecule has 0 aromatic rings. The van der Waals surface area contributed by atoms with Gasteiger partial charge in [0, 0.05) is 0 Å². The first-order chi connectivity index (χ1) is 5.65. The monoisotopic (exact) mass is 195 g/mol. The number of alkyl halides is 1. The zero-order chi connectivity index (χ0) is 9.56. The van der Waals surface area contributed by atoms with Crippen molar-refractivity contribution >= 4 is 23.7 Å². The minimum Gasteiger partial charge on any atom is -0.468 e. The van der Waals surface area contributed by atoms with Gasteiger partial charge in [0.15, 0.2) is 0 Å². The average Bonchev–Trinajstić information content (AvgIpc) is 2.12. The van der Waals surface area contributed by atoms with Crippen molar-refractivity contribution in [2.24, 2.45) is 0 Å². The Balaban J connectivity index is 3.99. The molecule has 0 N–H and O–H groups in total. The van der Waals surface area contributed by atoms with E-state index >= 15 is 0 Å². The molecule has 0 heterocycles. The summed E-state index contributed by atoms with van der Waals surface area (Å²) in [4.78, 5) is 22.5. The van der Waals surface area contributed by atoms with E-state index < -0.39 is 12.1 Å². The van der Waals surface area contributed by atoms with Crippen LogP contribution in [-0.4, -0.2) is 43.7 Å². The van der Waals surface area contributed by atoms with Gasteiger partial charge in [-0.05, 0) is 0 Å². The molecule has 0 aromatic heterocycles. The van der Waals surface area contributed by atoms with E-state index in [-0.39, 0.29) is 12.5 Å². The lowest BCUT2D eigenvalue weighted by molar-refractivity contribution is -0.141. The van der Waals surface area contributed by atoms with E-state index in [9.17, 15) is 9.59 Å². The van der Waals surface area contributed by atoms with Crippen molar-refractivity contribution < 1.29 is 19.1 Å². The maximum Gasteiger partial charge on any atom is 0.410 e. The first-order valence-corrected chi connectivity index (χ1v) is 3.64. The van der Waals surface area contributed by atoms with E-state index in [2.05, 4.69) is 9.47 Å². The second kappa shape index (κ2) is 5.65. The zero-order valence-electron chi connectivity index (χ0n) is 6.87. The summed E-state index contributed by atoms with van der Waals surface area (Å²) in [7, 11) is 2.44. The average molecular weight is 196 g/mol. The van der Waals surface area contributed by atoms with Gasteiger partial charge in [-0.15, -0.1) is 11.6 Å². The van der Waals surface area contributed by atoms with Crippen LogP contribution in [0.3, 0.4) is 0 Å². The summed E-state index contributed by atoms with van der Waals surface area (Å²) >= 11 is 5.36. The van der Waals surface area contributed by atoms with Crippen molar-refractivity contribution in [2.75, 3.05) is 26.8 Å². The predicted octanol–water partition coefficient (Wildman–Crippen LogP) is 0.424. The van der Waals surface area contributed by atoms with Gasteiger partial charge in [0.05, 0.1) is 20.2 Å². The smallest absolute Gasteiger partial charge is 0.410 e. The Morgan fingerprint density at radius 3 is 2.25 bits per heavy atom. The van der Waals surface area contributed by atoms with Crippen LogP contribution in [0.5, 0.6) is 0 Å². The van der Waals surface area contributed by atoms with Gasteiger partial charge in [-0.2, -0.15) is 0 Å². The molecule has 6 heteroatoms. The molecule has 0 saturated carbocycles. The van der Waals surface area contributed by atoms with Crippen molar-refractivity contribution in [3.8, 4) is 0 Å². The zero-order valence-corrected chi connectivity index (χ0v) is 7.63. The highest BCUT2D eigenvalue weighted by Gasteiger charge is 2.16. The van der Waals surface area contributed by atoms with Gasteiger partial charge < -0.3 is 9.47 Å². The van der Waals surface area contributed by atoms with E-state index in [0.29, 0.717) is 0 Å². The fraction of sp³-hybridized carbons (Fsp3) is 0.667. The maximum atomic E-state index is 10.8. The van der Waals surface area contributed by atoms with Gasteiger partial charge in [0.25, 0.3) is 0 Å². The van der Waals surface area contributed by atoms with Crippen LogP contribution in [-0.2, 0) is 14.3 Å². The number of nitrogens with zero attached hydrogens (tertiary/aromatic N) is 1. The van der Waals surface area contributed by atoms with E-state index in [1.165, 1.54) is 14.2 Å². The van der Waals surface area contributed by atoms with Crippen LogP contribution in [0.2, 0.25) is 0 Å². The molecule has 0 saturated heterocycles. The molecule has 0 aliphatic carbocycles. The summed E-state index contributed by atoms with van der Waals surface area (Å²) in [5.41, 5.74) is 0. The number of ether oxygens (including phenoxy) is 2. The van der Waals surface area contributed by atoms with Crippen LogP contribution in [0.25, 0.3) is 0 Å². The Bertz CT molecular complexity index is 173. The largest absolute Gasteiger partial charge is 0.468 e. The van der Waals surface area contributed by atoms with Crippen molar-refractivity contribution in [1.82, 2.24) is 4.90 Å². The highest BCUT2D eigenvalue weighted by molar-refractivity contribution is 6.18. The number of amides is 1. The van der Waals surface area contributed by atoms with Crippen molar-refractivity contribution in [3.05, 3.63) is 0 Å². The molecule has 1 amide bonds. The Morgan fingerprint density at radius 1 is 1.33 bits per heavy atom. The van der Waals surface area contributed by atoms with Gasteiger partial charge >= 0.3 is 12.1 Å². The molecule has 0 aromatic carbocycles. The van der Waals surface area contributed by atoms with Gasteiger partial charge in [0.2, 0.25) is 0 Å². The molecule has 0 aliphatic rings. The standard InChI is InChI=1S/C6H10ClNO4/c1-11-5(9)3-8(4-7)6(10)12-2/h3-4H2,1-2H3. The molecule has 0 unspecified atom stereocenters. The molecular formula is C6H10ClNO4. The normalized spacial score (nSPS) is 8.92. The summed E-state index contributed by atoms with van der Waals surface area (Å²) in [5, 5.41) is 0. The lowest BCUT2D eigenvalue weighted by Crippen LogP contribution is -2.35. The van der Waals surface area contributed by atoms with E-state index in [1.807, 2.05) is 0 Å². The van der Waals surface area contributed by atoms with E-state index in [1.54, 1.807) is 0 Å². The second-order valence-corrected chi connectivity index (χ2v) is 2.10. The summed E-state index contributed by atoms with van der Waals surface area (Å²) < 4.78 is 8.67. The van der Waals surface area contributed by atoms with E-state index in [4.69, 9.17) is 11.6 Å². The Hall–Kier alpha value is -0.970. The second-order valence-electron chi connectivity index (χ2n) is 1.86. The molecule has 0 spiro atoms. The SMILES string of the molecule is COC(=O)CN(CCl)C(=O)OC. The summed E-state index contributed by atoms with van der Waals surface area (Å²) in [5.74, 6) is -0.541. The molecule has 5 nitrogen and oxygen atoms in total. The minimum atomic E-state index is -0.657. The number of carbonyl (C=O) groups excluding carboxylic acids is 2. The number of hydrogen-bond donors (Lipinski definition) is 0. The summed E-state index contributed by atoms with van der Waals surface area (Å²) in [6, 6.07) is -0.109. The highest BCUT2D eigenvalue weighted by Crippen LogP contribution is 1.95. The predicted molar refractivity (Wildman–Crippen MR) is 41.8 cm³/mol. The molecule has 0 aliphatic heterocycles. The molecule has 0 fully saturated rings. The third kappa shape index (κ3) is 3.43. The molecule has 0 bridgehead atoms. The maximum absolute atomic E-state index is 10.8. The topological polar surface area (TPSA) is 55.8 Å². The molecule has 70 valence electrons. The third-order valence-corrected chi connectivity index (χ3v) is 1.41. The number of carbonyl (C=O) groups is 2. The number of rotatable bonds is 3. The third-order valence-electron chi connectivity index (χ3n) is 1.12. The van der Waals surface area contributed by atoms with Crippen LogP contribution in [0.4, 0.5) is 4.79 Å². The lowest BCUT2D eigenvalue weighted by Gasteiger charge is -2.15. The van der Waals surface area contributed by atoms with Crippen LogP contribution < -0.4 is 0 Å². The number of esters is 1. The van der Waals surface area contributed by atoms with E-state index in [0.717, 1.165) is 4.90 Å². The highest BCUT2D eigenvalue weighted by atomic mass is 35.5. The van der Waals surface area contributed by atoms with Gasteiger partial charge in [-0.3, -0.25) is 9.69 Å². The fourth-order valence-electron chi connectivity index (χ4n) is 0.505. The number of hydrogen-bond acceptors (Lipinski definition) is 4. The molecule has 12 heavy (non-hydrogen) atoms. The molecular weight excluding hydrogens is 186 g/mol. The molecule has 0 radical (unpaired) electrons. The minimum absolute atomic E-state index is 0.109. The van der Waals surface area contributed by atoms with Crippen molar-refractivity contribution in [3.63, 3.8) is 0 Å². The van der Waals surface area contributed by atoms with Crippen LogP contribution in [0.15, 0.2) is 0 Å². The summed E-state index contributed by atoms with van der Waals surface area (Å²) in [6.45, 7) is -0.202. The number of methoxy groups -OCH3 is 2. The molecule has 0 atom stereocenters. The van der Waals surface area contributed by atoms with Crippen molar-refractivity contribution in [2.45, 2.75) is 0 Å². The summed E-state index contributed by atoms with van der Waals surface area (Å²) in [6.07, 6.45) is -0.657. The molecule has 0 rings (SSSR count). The number of halogens is 1. The quantitative estimate of drug-likeness (QED) is 0.372. The van der Waals surface area contributed by atoms with Crippen LogP contribution in [0, 0.1) is 0 Å². The Kier molecular flexibility index (Phi) is 5.19. The Morgan fingerprint density at radius 2 is 1.92 bits per heavy atom. The first-order valence-electron chi connectivity index (χ1n) is 3.11. The van der Waals surface area contributed by atoms with Gasteiger partial charge in [-0.1, -0.05) is 0 Å². The lowest BCUT2D eigenvalue weighted by atomic mass is 10.6. The van der Waals surface area contributed by atoms with Gasteiger partial charge in [0.1, 0.15) is 6.54 Å². The first kappa shape index (κ1) is 11.0. The van der Waals surface area contributed by atoms with Gasteiger partial charge in [-0.25, -0.2) is 4.79 Å². The fourth-order valence-corrected chi connectivity index (χ4v) is 0.687. The van der Waals surface area contributed by atoms with Crippen LogP contribution >= 0.6 is 11.6 Å². The van der Waals surface area contributed by atoms with Crippen molar-refractivity contribution in [1.29, 1.82) is 0 Å². The van der Waals surface area contributed by atoms with Crippen LogP contribution in [0.1, 0.15) is 0 Å². The Labute approximate surface area is 75.2 Å².